The molecule has 1 N–H and O–H groups in total. The molecule has 1 saturated heterocycles. The zero-order valence-electron chi connectivity index (χ0n) is 13.2. The van der Waals surface area contributed by atoms with Gasteiger partial charge in [-0.3, -0.25) is 0 Å². The molecule has 1 aromatic rings. The van der Waals surface area contributed by atoms with Gasteiger partial charge in [0.15, 0.2) is 0 Å². The van der Waals surface area contributed by atoms with Gasteiger partial charge in [0.1, 0.15) is 0 Å². The van der Waals surface area contributed by atoms with Crippen molar-refractivity contribution in [2.24, 2.45) is 11.8 Å². The van der Waals surface area contributed by atoms with Gasteiger partial charge >= 0.3 is 0 Å². The molecule has 21 heavy (non-hydrogen) atoms. The highest BCUT2D eigenvalue weighted by Crippen LogP contribution is 2.32. The Balaban J connectivity index is 2.41. The van der Waals surface area contributed by atoms with E-state index in [1.54, 1.807) is 22.5 Å². The predicted octanol–water partition coefficient (Wildman–Crippen LogP) is 2.54. The molecule has 1 aromatic carbocycles. The minimum absolute atomic E-state index is 0.00470. The lowest BCUT2D eigenvalue weighted by atomic mass is 9.88. The highest BCUT2D eigenvalue weighted by atomic mass is 32.2. The Morgan fingerprint density at radius 1 is 1.29 bits per heavy atom. The van der Waals surface area contributed by atoms with Crippen LogP contribution >= 0.6 is 0 Å². The Hall–Kier alpha value is -0.910. The molecular weight excluding hydrogens is 286 g/mol. The first-order valence-electron chi connectivity index (χ1n) is 7.49. The monoisotopic (exact) mass is 311 g/mol. The molecule has 5 heteroatoms. The topological polar surface area (TPSA) is 57.6 Å². The lowest BCUT2D eigenvalue weighted by Gasteiger charge is -2.40. The van der Waals surface area contributed by atoms with Crippen molar-refractivity contribution in [2.45, 2.75) is 51.7 Å². The van der Waals surface area contributed by atoms with Crippen molar-refractivity contribution in [3.63, 3.8) is 0 Å². The maximum absolute atomic E-state index is 12.9. The van der Waals surface area contributed by atoms with Crippen molar-refractivity contribution in [1.82, 2.24) is 4.31 Å². The van der Waals surface area contributed by atoms with Crippen molar-refractivity contribution >= 4 is 10.0 Å². The van der Waals surface area contributed by atoms with Gasteiger partial charge in [-0.15, -0.1) is 0 Å². The average molecular weight is 311 g/mol. The molecule has 0 radical (unpaired) electrons. The van der Waals surface area contributed by atoms with Gasteiger partial charge in [-0.25, -0.2) is 8.42 Å². The summed E-state index contributed by atoms with van der Waals surface area (Å²) in [6, 6.07) is 5.01. The lowest BCUT2D eigenvalue weighted by Crippen LogP contribution is -2.48. The molecule has 2 rings (SSSR count). The van der Waals surface area contributed by atoms with Gasteiger partial charge in [-0.05, 0) is 55.4 Å². The van der Waals surface area contributed by atoms with Gasteiger partial charge in [0.05, 0.1) is 11.5 Å². The summed E-state index contributed by atoms with van der Waals surface area (Å²) in [6.07, 6.45) is 1.06. The van der Waals surface area contributed by atoms with Gasteiger partial charge in [0, 0.05) is 12.6 Å². The van der Waals surface area contributed by atoms with Gasteiger partial charge in [0.25, 0.3) is 0 Å². The second-order valence-corrected chi connectivity index (χ2v) is 8.27. The van der Waals surface area contributed by atoms with E-state index < -0.39 is 10.0 Å². The Morgan fingerprint density at radius 2 is 1.95 bits per heavy atom. The maximum atomic E-state index is 12.9. The summed E-state index contributed by atoms with van der Waals surface area (Å²) in [4.78, 5) is 0.283. The molecule has 0 amide bonds. The van der Waals surface area contributed by atoms with E-state index in [2.05, 4.69) is 13.8 Å². The summed E-state index contributed by atoms with van der Waals surface area (Å²) in [5, 5.41) is 9.35. The quantitative estimate of drug-likeness (QED) is 0.933. The summed E-state index contributed by atoms with van der Waals surface area (Å²) in [5.41, 5.74) is 1.58. The van der Waals surface area contributed by atoms with Gasteiger partial charge in [-0.2, -0.15) is 4.31 Å². The summed E-state index contributed by atoms with van der Waals surface area (Å²) < 4.78 is 27.4. The van der Waals surface area contributed by atoms with Crippen LogP contribution in [0.4, 0.5) is 0 Å². The Kier molecular flexibility index (Phi) is 4.76. The summed E-state index contributed by atoms with van der Waals surface area (Å²) in [7, 11) is -3.50. The lowest BCUT2D eigenvalue weighted by molar-refractivity contribution is 0.157. The number of rotatable bonds is 3. The van der Waals surface area contributed by atoms with Crippen LogP contribution in [0.15, 0.2) is 23.1 Å². The molecule has 1 heterocycles. The molecule has 1 aliphatic heterocycles. The van der Waals surface area contributed by atoms with Crippen molar-refractivity contribution in [1.29, 1.82) is 0 Å². The van der Waals surface area contributed by atoms with Crippen molar-refractivity contribution < 1.29 is 13.5 Å². The van der Waals surface area contributed by atoms with Crippen LogP contribution in [0.2, 0.25) is 0 Å². The number of hydrogen-bond acceptors (Lipinski definition) is 3. The molecule has 0 spiro atoms. The number of hydrogen-bond donors (Lipinski definition) is 1. The van der Waals surface area contributed by atoms with E-state index in [9.17, 15) is 13.5 Å². The summed E-state index contributed by atoms with van der Waals surface area (Å²) in [6.45, 7) is 8.48. The van der Waals surface area contributed by atoms with E-state index in [1.165, 1.54) is 0 Å². The fourth-order valence-corrected chi connectivity index (χ4v) is 4.99. The van der Waals surface area contributed by atoms with E-state index in [1.807, 2.05) is 13.8 Å². The Bertz CT molecular complexity index is 612. The molecule has 1 fully saturated rings. The van der Waals surface area contributed by atoms with Crippen LogP contribution in [0, 0.1) is 18.8 Å². The van der Waals surface area contributed by atoms with E-state index in [-0.39, 0.29) is 17.5 Å². The zero-order valence-corrected chi connectivity index (χ0v) is 14.0. The summed E-state index contributed by atoms with van der Waals surface area (Å²) >= 11 is 0. The maximum Gasteiger partial charge on any atom is 0.243 e. The SMILES string of the molecule is Cc1ccc(S(=O)(=O)N2CC(C)CC(C)C2C)cc1CO. The van der Waals surface area contributed by atoms with Crippen LogP contribution in [0.3, 0.4) is 0 Å². The number of sulfonamides is 1. The Labute approximate surface area is 127 Å². The van der Waals surface area contributed by atoms with Crippen LogP contribution in [0.25, 0.3) is 0 Å². The third kappa shape index (κ3) is 3.15. The van der Waals surface area contributed by atoms with Crippen molar-refractivity contribution in [3.8, 4) is 0 Å². The van der Waals surface area contributed by atoms with Crippen LogP contribution in [0.1, 0.15) is 38.3 Å². The van der Waals surface area contributed by atoms with E-state index >= 15 is 0 Å². The minimum Gasteiger partial charge on any atom is -0.392 e. The molecule has 3 unspecified atom stereocenters. The van der Waals surface area contributed by atoms with Crippen LogP contribution in [-0.4, -0.2) is 30.4 Å². The molecule has 1 aliphatic rings. The van der Waals surface area contributed by atoms with Crippen LogP contribution in [0.5, 0.6) is 0 Å². The molecule has 0 saturated carbocycles. The van der Waals surface area contributed by atoms with E-state index in [0.717, 1.165) is 12.0 Å². The smallest absolute Gasteiger partial charge is 0.243 e. The second kappa shape index (κ2) is 6.07. The number of aliphatic hydroxyl groups excluding tert-OH is 1. The van der Waals surface area contributed by atoms with Crippen LogP contribution < -0.4 is 0 Å². The molecule has 0 aliphatic carbocycles. The number of piperidine rings is 1. The fraction of sp³-hybridized carbons (Fsp3) is 0.625. The average Bonchev–Trinajstić information content (AvgIpc) is 2.42. The first-order valence-corrected chi connectivity index (χ1v) is 8.93. The van der Waals surface area contributed by atoms with Gasteiger partial charge < -0.3 is 5.11 Å². The predicted molar refractivity (Wildman–Crippen MR) is 83.4 cm³/mol. The largest absolute Gasteiger partial charge is 0.392 e. The molecule has 118 valence electrons. The van der Waals surface area contributed by atoms with E-state index in [0.29, 0.717) is 23.9 Å². The highest BCUT2D eigenvalue weighted by molar-refractivity contribution is 7.89. The second-order valence-electron chi connectivity index (χ2n) is 6.38. The van der Waals surface area contributed by atoms with E-state index in [4.69, 9.17) is 0 Å². The summed E-state index contributed by atoms with van der Waals surface area (Å²) in [5.74, 6) is 0.722. The third-order valence-corrected chi connectivity index (χ3v) is 6.59. The molecule has 4 nitrogen and oxygen atoms in total. The Morgan fingerprint density at radius 3 is 2.57 bits per heavy atom. The number of aryl methyl sites for hydroxylation is 1. The first-order chi connectivity index (χ1) is 9.77. The first kappa shape index (κ1) is 16.5. The molecule has 0 aromatic heterocycles. The van der Waals surface area contributed by atoms with Crippen molar-refractivity contribution in [3.05, 3.63) is 29.3 Å². The van der Waals surface area contributed by atoms with Crippen molar-refractivity contribution in [2.75, 3.05) is 6.54 Å². The third-order valence-electron chi connectivity index (χ3n) is 4.64. The fourth-order valence-electron chi connectivity index (χ4n) is 3.09. The van der Waals surface area contributed by atoms with Gasteiger partial charge in [-0.1, -0.05) is 19.9 Å². The molecular formula is C16H25NO3S. The van der Waals surface area contributed by atoms with Crippen LogP contribution in [-0.2, 0) is 16.6 Å². The minimum atomic E-state index is -3.50. The molecule has 3 atom stereocenters. The zero-order chi connectivity index (χ0) is 15.8. The standard InChI is InChI=1S/C16H25NO3S/c1-11-7-13(3)14(4)17(9-11)21(19,20)16-6-5-12(2)15(8-16)10-18/h5-6,8,11,13-14,18H,7,9-10H2,1-4H3. The number of aliphatic hydroxyl groups is 1. The number of nitrogens with zero attached hydrogens (tertiary/aromatic N) is 1. The van der Waals surface area contributed by atoms with Gasteiger partial charge in [0.2, 0.25) is 10.0 Å². The highest BCUT2D eigenvalue weighted by Gasteiger charge is 2.37. The number of benzene rings is 1. The molecule has 0 bridgehead atoms. The normalized spacial score (nSPS) is 27.8.